The van der Waals surface area contributed by atoms with Gasteiger partial charge in [-0.2, -0.15) is 22.6 Å². The monoisotopic (exact) mass is 458 g/mol. The molecule has 1 N–H and O–H groups in total. The van der Waals surface area contributed by atoms with E-state index in [-0.39, 0.29) is 31.8 Å². The second-order valence-corrected chi connectivity index (χ2v) is 9.36. The van der Waals surface area contributed by atoms with Gasteiger partial charge in [0.1, 0.15) is 5.82 Å². The van der Waals surface area contributed by atoms with Crippen LogP contribution in [0.5, 0.6) is 0 Å². The number of alkyl halides is 3. The summed E-state index contributed by atoms with van der Waals surface area (Å²) in [5, 5.41) is 7.01. The molecular formula is C20H25F3N4O3S. The van der Waals surface area contributed by atoms with Crippen LogP contribution in [-0.2, 0) is 27.5 Å². The first-order chi connectivity index (χ1) is 14.6. The number of piperidine rings is 1. The predicted octanol–water partition coefficient (Wildman–Crippen LogP) is 3.74. The maximum Gasteiger partial charge on any atom is 0.417 e. The summed E-state index contributed by atoms with van der Waals surface area (Å²) in [6.07, 6.45) is -0.830. The fourth-order valence-electron chi connectivity index (χ4n) is 3.58. The van der Waals surface area contributed by atoms with Gasteiger partial charge in [-0.15, -0.1) is 0 Å². The van der Waals surface area contributed by atoms with Crippen molar-refractivity contribution >= 4 is 21.7 Å². The molecule has 7 nitrogen and oxygen atoms in total. The number of hydrogen-bond acceptors (Lipinski definition) is 4. The number of aromatic nitrogens is 2. The standard InChI is InChI=1S/C20H25F3N4O3S/c1-2-3-12-27-18(8-11-24-27)25-19(28)15-9-13-26(14-10-15)31(29,30)17-7-5-4-6-16(17)20(21,22)23/h4-8,11,15H,2-3,9-10,12-14H2,1H3,(H,25,28). The molecule has 11 heteroatoms. The lowest BCUT2D eigenvalue weighted by Crippen LogP contribution is -2.42. The SMILES string of the molecule is CCCCn1nccc1NC(=O)C1CCN(S(=O)(=O)c2ccccc2C(F)(F)F)CC1. The van der Waals surface area contributed by atoms with Gasteiger partial charge >= 0.3 is 6.18 Å². The quantitative estimate of drug-likeness (QED) is 0.685. The van der Waals surface area contributed by atoms with Crippen molar-refractivity contribution in [2.45, 2.75) is 50.2 Å². The lowest BCUT2D eigenvalue weighted by molar-refractivity contribution is -0.139. The number of hydrogen-bond donors (Lipinski definition) is 1. The molecule has 1 fully saturated rings. The Labute approximate surface area is 179 Å². The minimum Gasteiger partial charge on any atom is -0.311 e. The average molecular weight is 459 g/mol. The van der Waals surface area contributed by atoms with Gasteiger partial charge in [0.15, 0.2) is 0 Å². The Balaban J connectivity index is 1.66. The lowest BCUT2D eigenvalue weighted by atomic mass is 9.97. The van der Waals surface area contributed by atoms with Crippen LogP contribution >= 0.6 is 0 Å². The highest BCUT2D eigenvalue weighted by molar-refractivity contribution is 7.89. The van der Waals surface area contributed by atoms with E-state index in [2.05, 4.69) is 17.3 Å². The number of nitrogens with one attached hydrogen (secondary N) is 1. The Kier molecular flexibility index (Phi) is 7.05. The van der Waals surface area contributed by atoms with Gasteiger partial charge < -0.3 is 5.32 Å². The minimum absolute atomic E-state index is 0.0261. The van der Waals surface area contributed by atoms with Crippen LogP contribution in [0.2, 0.25) is 0 Å². The van der Waals surface area contributed by atoms with E-state index in [0.29, 0.717) is 12.4 Å². The summed E-state index contributed by atoms with van der Waals surface area (Å²) in [5.74, 6) is -0.0996. The number of unbranched alkanes of at least 4 members (excludes halogenated alkanes) is 1. The van der Waals surface area contributed by atoms with Crippen molar-refractivity contribution in [3.05, 3.63) is 42.1 Å². The molecule has 0 atom stereocenters. The Morgan fingerprint density at radius 2 is 1.87 bits per heavy atom. The largest absolute Gasteiger partial charge is 0.417 e. The van der Waals surface area contributed by atoms with Crippen molar-refractivity contribution in [1.29, 1.82) is 0 Å². The number of nitrogens with zero attached hydrogens (tertiary/aromatic N) is 3. The van der Waals surface area contributed by atoms with Gasteiger partial charge in [-0.1, -0.05) is 25.5 Å². The van der Waals surface area contributed by atoms with E-state index < -0.39 is 32.6 Å². The molecule has 0 spiro atoms. The topological polar surface area (TPSA) is 84.3 Å². The van der Waals surface area contributed by atoms with E-state index in [1.54, 1.807) is 16.9 Å². The molecule has 0 radical (unpaired) electrons. The number of sulfonamides is 1. The van der Waals surface area contributed by atoms with Crippen LogP contribution in [0.15, 0.2) is 41.4 Å². The van der Waals surface area contributed by atoms with Gasteiger partial charge in [0.2, 0.25) is 15.9 Å². The predicted molar refractivity (Wildman–Crippen MR) is 109 cm³/mol. The van der Waals surface area contributed by atoms with E-state index >= 15 is 0 Å². The van der Waals surface area contributed by atoms with Gasteiger partial charge in [0.05, 0.1) is 16.7 Å². The summed E-state index contributed by atoms with van der Waals surface area (Å²) in [5.41, 5.74) is -1.18. The molecule has 2 aromatic rings. The number of carbonyl (C=O) groups is 1. The zero-order valence-electron chi connectivity index (χ0n) is 17.1. The molecule has 2 heterocycles. The number of anilines is 1. The third-order valence-corrected chi connectivity index (χ3v) is 7.28. The van der Waals surface area contributed by atoms with Crippen molar-refractivity contribution in [3.8, 4) is 0 Å². The third-order valence-electron chi connectivity index (χ3n) is 5.33. The molecule has 0 bridgehead atoms. The summed E-state index contributed by atoms with van der Waals surface area (Å²) in [7, 11) is -4.32. The third kappa shape index (κ3) is 5.27. The Bertz CT molecular complexity index is 1010. The molecule has 1 aromatic carbocycles. The first-order valence-electron chi connectivity index (χ1n) is 10.1. The van der Waals surface area contributed by atoms with Crippen molar-refractivity contribution in [1.82, 2.24) is 14.1 Å². The summed E-state index contributed by atoms with van der Waals surface area (Å²) in [6.45, 7) is 2.68. The Morgan fingerprint density at radius 3 is 2.52 bits per heavy atom. The number of benzene rings is 1. The van der Waals surface area contributed by atoms with E-state index in [1.165, 1.54) is 6.07 Å². The fraction of sp³-hybridized carbons (Fsp3) is 0.500. The highest BCUT2D eigenvalue weighted by atomic mass is 32.2. The van der Waals surface area contributed by atoms with Crippen LogP contribution in [0.1, 0.15) is 38.2 Å². The molecule has 1 aliphatic heterocycles. The van der Waals surface area contributed by atoms with E-state index in [9.17, 15) is 26.4 Å². The fourth-order valence-corrected chi connectivity index (χ4v) is 5.26. The van der Waals surface area contributed by atoms with Gasteiger partial charge in [0.25, 0.3) is 0 Å². The number of aryl methyl sites for hydroxylation is 1. The lowest BCUT2D eigenvalue weighted by Gasteiger charge is -2.31. The van der Waals surface area contributed by atoms with Crippen LogP contribution in [-0.4, -0.2) is 41.5 Å². The minimum atomic E-state index is -4.78. The van der Waals surface area contributed by atoms with Crippen molar-refractivity contribution < 1.29 is 26.4 Å². The normalized spacial score (nSPS) is 16.4. The van der Waals surface area contributed by atoms with Crippen LogP contribution in [0.25, 0.3) is 0 Å². The Morgan fingerprint density at radius 1 is 1.19 bits per heavy atom. The first-order valence-corrected chi connectivity index (χ1v) is 11.6. The van der Waals surface area contributed by atoms with Crippen LogP contribution in [0, 0.1) is 5.92 Å². The summed E-state index contributed by atoms with van der Waals surface area (Å²) in [4.78, 5) is 11.9. The maximum absolute atomic E-state index is 13.3. The molecule has 1 saturated heterocycles. The van der Waals surface area contributed by atoms with Gasteiger partial charge in [-0.3, -0.25) is 4.79 Å². The van der Waals surface area contributed by atoms with E-state index in [1.807, 2.05) is 0 Å². The molecule has 170 valence electrons. The van der Waals surface area contributed by atoms with Crippen molar-refractivity contribution in [3.63, 3.8) is 0 Å². The van der Waals surface area contributed by atoms with Gasteiger partial charge in [-0.05, 0) is 31.4 Å². The van der Waals surface area contributed by atoms with Crippen LogP contribution in [0.3, 0.4) is 0 Å². The summed E-state index contributed by atoms with van der Waals surface area (Å²) < 4.78 is 68.2. The van der Waals surface area contributed by atoms with Crippen molar-refractivity contribution in [2.24, 2.45) is 5.92 Å². The molecule has 0 saturated carbocycles. The zero-order chi connectivity index (χ0) is 22.6. The van der Waals surface area contributed by atoms with Gasteiger partial charge in [-0.25, -0.2) is 13.1 Å². The highest BCUT2D eigenvalue weighted by Crippen LogP contribution is 2.36. The molecule has 1 aromatic heterocycles. The molecule has 0 aliphatic carbocycles. The molecule has 1 amide bonds. The molecule has 3 rings (SSSR count). The number of rotatable bonds is 7. The number of halogens is 3. The smallest absolute Gasteiger partial charge is 0.311 e. The average Bonchev–Trinajstić information content (AvgIpc) is 3.18. The molecular weight excluding hydrogens is 433 g/mol. The second-order valence-electron chi connectivity index (χ2n) is 7.45. The maximum atomic E-state index is 13.3. The molecule has 0 unspecified atom stereocenters. The number of carbonyl (C=O) groups excluding carboxylic acids is 1. The van der Waals surface area contributed by atoms with Crippen molar-refractivity contribution in [2.75, 3.05) is 18.4 Å². The van der Waals surface area contributed by atoms with Gasteiger partial charge in [0, 0.05) is 31.6 Å². The second kappa shape index (κ2) is 9.39. The molecule has 1 aliphatic rings. The van der Waals surface area contributed by atoms with Crippen LogP contribution < -0.4 is 5.32 Å². The van der Waals surface area contributed by atoms with Crippen LogP contribution in [0.4, 0.5) is 19.0 Å². The number of amides is 1. The first kappa shape index (κ1) is 23.3. The Hall–Kier alpha value is -2.40. The summed E-state index contributed by atoms with van der Waals surface area (Å²) in [6, 6.07) is 5.85. The highest BCUT2D eigenvalue weighted by Gasteiger charge is 2.40. The zero-order valence-corrected chi connectivity index (χ0v) is 17.9. The molecule has 31 heavy (non-hydrogen) atoms. The van der Waals surface area contributed by atoms with E-state index in [4.69, 9.17) is 0 Å². The summed E-state index contributed by atoms with van der Waals surface area (Å²) >= 11 is 0. The van der Waals surface area contributed by atoms with E-state index in [0.717, 1.165) is 35.3 Å².